The third kappa shape index (κ3) is 2.53. The van der Waals surface area contributed by atoms with E-state index in [1.54, 1.807) is 18.2 Å². The molecule has 1 heterocycles. The van der Waals surface area contributed by atoms with Crippen LogP contribution in [0, 0.1) is 11.8 Å². The molecule has 21 heavy (non-hydrogen) atoms. The average molecular weight is 289 g/mol. The number of carbonyl (C=O) groups excluding carboxylic acids is 1. The number of aromatic hydroxyl groups is 1. The molecule has 0 aromatic heterocycles. The van der Waals surface area contributed by atoms with E-state index < -0.39 is 5.60 Å². The molecule has 1 aromatic rings. The van der Waals surface area contributed by atoms with E-state index in [-0.39, 0.29) is 17.6 Å². The Balaban J connectivity index is 1.78. The third-order valence-electron chi connectivity index (χ3n) is 5.31. The molecule has 1 saturated heterocycles. The number of fused-ring (bicyclic) bond motifs is 1. The van der Waals surface area contributed by atoms with Crippen molar-refractivity contribution in [2.75, 3.05) is 13.1 Å². The van der Waals surface area contributed by atoms with Crippen LogP contribution in [0.3, 0.4) is 0 Å². The standard InChI is InChI=1S/C17H23NO3/c1-2-17(21)8-4-6-13-10-18(11-15(13)17)16(20)12-5-3-7-14(19)9-12/h3,5,7,9,13,15,19,21H,2,4,6,8,10-11H2,1H3/t13-,15+,17-/m1/s1. The first kappa shape index (κ1) is 14.4. The maximum atomic E-state index is 12.6. The predicted molar refractivity (Wildman–Crippen MR) is 80.1 cm³/mol. The van der Waals surface area contributed by atoms with Crippen molar-refractivity contribution >= 4 is 5.91 Å². The lowest BCUT2D eigenvalue weighted by molar-refractivity contribution is -0.0609. The molecule has 1 aromatic carbocycles. The summed E-state index contributed by atoms with van der Waals surface area (Å²) < 4.78 is 0. The van der Waals surface area contributed by atoms with Crippen molar-refractivity contribution < 1.29 is 15.0 Å². The molecule has 1 aliphatic heterocycles. The minimum atomic E-state index is -0.614. The van der Waals surface area contributed by atoms with Gasteiger partial charge in [0.15, 0.2) is 0 Å². The summed E-state index contributed by atoms with van der Waals surface area (Å²) in [6.45, 7) is 3.38. The molecule has 3 atom stereocenters. The molecule has 2 N–H and O–H groups in total. The Kier molecular flexibility index (Phi) is 3.66. The fourth-order valence-electron chi connectivity index (χ4n) is 4.05. The van der Waals surface area contributed by atoms with Crippen LogP contribution in [0.2, 0.25) is 0 Å². The van der Waals surface area contributed by atoms with Crippen LogP contribution in [0.5, 0.6) is 5.75 Å². The molecule has 1 aliphatic carbocycles. The Morgan fingerprint density at radius 3 is 2.95 bits per heavy atom. The van der Waals surface area contributed by atoms with E-state index in [1.165, 1.54) is 6.07 Å². The van der Waals surface area contributed by atoms with Crippen LogP contribution in [0.25, 0.3) is 0 Å². The molecule has 0 radical (unpaired) electrons. The van der Waals surface area contributed by atoms with Gasteiger partial charge in [-0.2, -0.15) is 0 Å². The van der Waals surface area contributed by atoms with Gasteiger partial charge in [-0.15, -0.1) is 0 Å². The van der Waals surface area contributed by atoms with Crippen molar-refractivity contribution in [2.45, 2.75) is 38.2 Å². The summed E-state index contributed by atoms with van der Waals surface area (Å²) in [5.41, 5.74) is -0.0924. The Labute approximate surface area is 125 Å². The first-order valence-electron chi connectivity index (χ1n) is 7.84. The van der Waals surface area contributed by atoms with E-state index in [1.807, 2.05) is 11.8 Å². The number of phenolic OH excluding ortho intramolecular Hbond substituents is 1. The highest BCUT2D eigenvalue weighted by atomic mass is 16.3. The summed E-state index contributed by atoms with van der Waals surface area (Å²) in [6.07, 6.45) is 3.73. The summed E-state index contributed by atoms with van der Waals surface area (Å²) in [7, 11) is 0. The molecule has 1 amide bonds. The van der Waals surface area contributed by atoms with Crippen molar-refractivity contribution in [1.82, 2.24) is 4.90 Å². The van der Waals surface area contributed by atoms with E-state index in [2.05, 4.69) is 0 Å². The van der Waals surface area contributed by atoms with Gasteiger partial charge in [-0.25, -0.2) is 0 Å². The molecule has 4 nitrogen and oxygen atoms in total. The number of phenols is 1. The number of amides is 1. The van der Waals surface area contributed by atoms with Gasteiger partial charge in [0.1, 0.15) is 5.75 Å². The van der Waals surface area contributed by atoms with Crippen molar-refractivity contribution in [1.29, 1.82) is 0 Å². The zero-order chi connectivity index (χ0) is 15.0. The first-order chi connectivity index (χ1) is 10.0. The SMILES string of the molecule is CC[C@@]1(O)CCC[C@@H]2CN(C(=O)c3cccc(O)c3)C[C@@H]21. The third-order valence-corrected chi connectivity index (χ3v) is 5.31. The molecule has 4 heteroatoms. The zero-order valence-corrected chi connectivity index (χ0v) is 12.5. The monoisotopic (exact) mass is 289 g/mol. The molecule has 0 unspecified atom stereocenters. The van der Waals surface area contributed by atoms with Crippen LogP contribution < -0.4 is 0 Å². The Hall–Kier alpha value is -1.55. The van der Waals surface area contributed by atoms with Crippen LogP contribution in [0.15, 0.2) is 24.3 Å². The van der Waals surface area contributed by atoms with E-state index in [4.69, 9.17) is 0 Å². The fourth-order valence-corrected chi connectivity index (χ4v) is 4.05. The number of hydrogen-bond donors (Lipinski definition) is 2. The topological polar surface area (TPSA) is 60.8 Å². The van der Waals surface area contributed by atoms with Crippen LogP contribution in [-0.4, -0.2) is 39.7 Å². The van der Waals surface area contributed by atoms with Crippen molar-refractivity contribution in [3.63, 3.8) is 0 Å². The largest absolute Gasteiger partial charge is 0.508 e. The minimum Gasteiger partial charge on any atom is -0.508 e. The van der Waals surface area contributed by atoms with E-state index >= 15 is 0 Å². The molecule has 2 aliphatic rings. The summed E-state index contributed by atoms with van der Waals surface area (Å²) in [4.78, 5) is 14.4. The molecule has 2 fully saturated rings. The second-order valence-corrected chi connectivity index (χ2v) is 6.48. The van der Waals surface area contributed by atoms with E-state index in [0.717, 1.165) is 32.2 Å². The first-order valence-corrected chi connectivity index (χ1v) is 7.84. The predicted octanol–water partition coefficient (Wildman–Crippen LogP) is 2.41. The lowest BCUT2D eigenvalue weighted by Gasteiger charge is -2.40. The lowest BCUT2D eigenvalue weighted by Crippen LogP contribution is -2.44. The number of hydrogen-bond acceptors (Lipinski definition) is 3. The summed E-state index contributed by atoms with van der Waals surface area (Å²) >= 11 is 0. The van der Waals surface area contributed by atoms with E-state index in [0.29, 0.717) is 18.0 Å². The van der Waals surface area contributed by atoms with Gasteiger partial charge < -0.3 is 15.1 Å². The number of benzene rings is 1. The molecule has 3 rings (SSSR count). The van der Waals surface area contributed by atoms with Crippen molar-refractivity contribution in [3.8, 4) is 5.75 Å². The lowest BCUT2D eigenvalue weighted by atomic mass is 9.69. The Morgan fingerprint density at radius 2 is 2.24 bits per heavy atom. The van der Waals surface area contributed by atoms with Crippen LogP contribution in [0.1, 0.15) is 43.0 Å². The van der Waals surface area contributed by atoms with Gasteiger partial charge in [-0.05, 0) is 43.4 Å². The molecule has 0 bridgehead atoms. The second kappa shape index (κ2) is 5.34. The van der Waals surface area contributed by atoms with Gasteiger partial charge in [0.2, 0.25) is 0 Å². The van der Waals surface area contributed by atoms with Crippen molar-refractivity contribution in [3.05, 3.63) is 29.8 Å². The van der Waals surface area contributed by atoms with Gasteiger partial charge in [-0.1, -0.05) is 19.4 Å². The Bertz CT molecular complexity index is 545. The van der Waals surface area contributed by atoms with Gasteiger partial charge in [0.05, 0.1) is 5.60 Å². The second-order valence-electron chi connectivity index (χ2n) is 6.48. The maximum absolute atomic E-state index is 12.6. The van der Waals surface area contributed by atoms with E-state index in [9.17, 15) is 15.0 Å². The normalized spacial score (nSPS) is 32.0. The van der Waals surface area contributed by atoms with Gasteiger partial charge in [0.25, 0.3) is 5.91 Å². The molecular formula is C17H23NO3. The molecule has 1 saturated carbocycles. The highest BCUT2D eigenvalue weighted by molar-refractivity contribution is 5.94. The quantitative estimate of drug-likeness (QED) is 0.879. The average Bonchev–Trinajstić information content (AvgIpc) is 2.92. The number of carbonyl (C=O) groups is 1. The number of likely N-dealkylation sites (tertiary alicyclic amines) is 1. The zero-order valence-electron chi connectivity index (χ0n) is 12.5. The molecule has 0 spiro atoms. The van der Waals surface area contributed by atoms with Gasteiger partial charge in [-0.3, -0.25) is 4.79 Å². The number of rotatable bonds is 2. The van der Waals surface area contributed by atoms with Crippen LogP contribution >= 0.6 is 0 Å². The maximum Gasteiger partial charge on any atom is 0.254 e. The summed E-state index contributed by atoms with van der Waals surface area (Å²) in [6, 6.07) is 6.50. The van der Waals surface area contributed by atoms with Crippen LogP contribution in [-0.2, 0) is 0 Å². The fraction of sp³-hybridized carbons (Fsp3) is 0.588. The molecule has 114 valence electrons. The van der Waals surface area contributed by atoms with Crippen LogP contribution in [0.4, 0.5) is 0 Å². The van der Waals surface area contributed by atoms with Crippen molar-refractivity contribution in [2.24, 2.45) is 11.8 Å². The number of nitrogens with zero attached hydrogens (tertiary/aromatic N) is 1. The highest BCUT2D eigenvalue weighted by Crippen LogP contribution is 2.44. The Morgan fingerprint density at radius 1 is 1.43 bits per heavy atom. The minimum absolute atomic E-state index is 0.0428. The smallest absolute Gasteiger partial charge is 0.254 e. The molecular weight excluding hydrogens is 266 g/mol. The summed E-state index contributed by atoms with van der Waals surface area (Å²) in [5.74, 6) is 0.670. The highest BCUT2D eigenvalue weighted by Gasteiger charge is 2.48. The summed E-state index contributed by atoms with van der Waals surface area (Å²) in [5, 5.41) is 20.3. The van der Waals surface area contributed by atoms with Gasteiger partial charge >= 0.3 is 0 Å². The van der Waals surface area contributed by atoms with Gasteiger partial charge in [0, 0.05) is 24.6 Å². The number of aliphatic hydroxyl groups is 1.